The van der Waals surface area contributed by atoms with Gasteiger partial charge in [0.15, 0.2) is 11.4 Å². The number of halogens is 1. The lowest BCUT2D eigenvalue weighted by atomic mass is 9.57. The van der Waals surface area contributed by atoms with Gasteiger partial charge < -0.3 is 31.5 Å². The molecule has 0 spiro atoms. The van der Waals surface area contributed by atoms with E-state index in [-0.39, 0.29) is 41.6 Å². The highest BCUT2D eigenvalue weighted by atomic mass is 19.1. The Labute approximate surface area is 219 Å². The second-order valence-corrected chi connectivity index (χ2v) is 11.0. The SMILES string of the molecule is CC(C)CCNCc1c(F)cc2c(c1O)C(O)=C1C(=O)[C@]3(O)C(O)=C(C(N)=O)C(=O)[C@@H](N(C)C)[C@@H]3C[C@@H]1C2. The Morgan fingerprint density at radius 2 is 1.92 bits per heavy atom. The summed E-state index contributed by atoms with van der Waals surface area (Å²) in [6.07, 6.45) is 0.825. The van der Waals surface area contributed by atoms with Gasteiger partial charge in [0.05, 0.1) is 11.6 Å². The average molecular weight is 532 g/mol. The van der Waals surface area contributed by atoms with E-state index in [4.69, 9.17) is 5.73 Å². The van der Waals surface area contributed by atoms with Crippen LogP contribution in [0.1, 0.15) is 43.4 Å². The van der Waals surface area contributed by atoms with Crippen LogP contribution in [0.4, 0.5) is 4.39 Å². The number of Topliss-reactive ketones (excluding diaryl/α,β-unsaturated/α-hetero) is 2. The lowest BCUT2D eigenvalue weighted by molar-refractivity contribution is -0.153. The number of benzene rings is 1. The monoisotopic (exact) mass is 531 g/mol. The van der Waals surface area contributed by atoms with E-state index in [0.29, 0.717) is 12.5 Å². The largest absolute Gasteiger partial charge is 0.508 e. The fourth-order valence-corrected chi connectivity index (χ4v) is 6.08. The Morgan fingerprint density at radius 1 is 1.26 bits per heavy atom. The maximum absolute atomic E-state index is 15.0. The minimum atomic E-state index is -2.71. The first-order chi connectivity index (χ1) is 17.7. The van der Waals surface area contributed by atoms with E-state index in [1.807, 2.05) is 13.8 Å². The average Bonchev–Trinajstić information content (AvgIpc) is 2.80. The highest BCUT2D eigenvalue weighted by molar-refractivity contribution is 6.24. The topological polar surface area (TPSA) is 173 Å². The first kappa shape index (κ1) is 27.7. The van der Waals surface area contributed by atoms with Gasteiger partial charge in [-0.2, -0.15) is 0 Å². The van der Waals surface area contributed by atoms with Gasteiger partial charge in [0.1, 0.15) is 28.7 Å². The fourth-order valence-electron chi connectivity index (χ4n) is 6.08. The standard InChI is InChI=1S/C27H34FN3O7/c1-11(2)5-6-30-10-14-16(28)9-13-7-12-8-15-20(31(3)4)23(34)19(26(29)37)25(36)27(15,38)24(35)18(12)22(33)17(13)21(14)32/h9,11-12,15,20,30,32-33,36,38H,5-8,10H2,1-4H3,(H2,29,37)/t12-,15-,20-,27-/m0/s1. The molecule has 1 aromatic carbocycles. The van der Waals surface area contributed by atoms with E-state index < -0.39 is 69.6 Å². The van der Waals surface area contributed by atoms with E-state index in [9.17, 15) is 34.8 Å². The van der Waals surface area contributed by atoms with Gasteiger partial charge in [-0.25, -0.2) is 4.39 Å². The molecule has 7 N–H and O–H groups in total. The molecular weight excluding hydrogens is 497 g/mol. The molecular formula is C27H34FN3O7. The quantitative estimate of drug-likeness (QED) is 0.223. The molecule has 206 valence electrons. The molecule has 0 radical (unpaired) electrons. The maximum atomic E-state index is 15.0. The van der Waals surface area contributed by atoms with Crippen LogP contribution in [-0.4, -0.2) is 75.1 Å². The number of hydrogen-bond acceptors (Lipinski definition) is 9. The highest BCUT2D eigenvalue weighted by Crippen LogP contribution is 2.53. The smallest absolute Gasteiger partial charge is 0.255 e. The summed E-state index contributed by atoms with van der Waals surface area (Å²) in [6.45, 7) is 4.65. The molecule has 3 aliphatic rings. The Bertz CT molecular complexity index is 1290. The van der Waals surface area contributed by atoms with Gasteiger partial charge in [0.2, 0.25) is 5.78 Å². The lowest BCUT2D eigenvalue weighted by Gasteiger charge is -2.50. The number of nitrogens with two attached hydrogens (primary N) is 1. The van der Waals surface area contributed by atoms with E-state index in [0.717, 1.165) is 6.42 Å². The maximum Gasteiger partial charge on any atom is 0.255 e. The molecule has 0 saturated heterocycles. The summed E-state index contributed by atoms with van der Waals surface area (Å²) in [7, 11) is 3.05. The fraction of sp³-hybridized carbons (Fsp3) is 0.519. The minimum Gasteiger partial charge on any atom is -0.508 e. The number of ketones is 2. The number of fused-ring (bicyclic) bond motifs is 3. The van der Waals surface area contributed by atoms with Crippen LogP contribution in [-0.2, 0) is 27.3 Å². The summed E-state index contributed by atoms with van der Waals surface area (Å²) in [4.78, 5) is 40.4. The third kappa shape index (κ3) is 4.09. The molecule has 1 amide bonds. The molecule has 4 atom stereocenters. The first-order valence-corrected chi connectivity index (χ1v) is 12.6. The number of hydrogen-bond donors (Lipinski definition) is 6. The third-order valence-corrected chi connectivity index (χ3v) is 7.96. The second kappa shape index (κ2) is 9.79. The van der Waals surface area contributed by atoms with Crippen molar-refractivity contribution in [1.82, 2.24) is 10.2 Å². The van der Waals surface area contributed by atoms with Crippen molar-refractivity contribution in [3.05, 3.63) is 45.5 Å². The Balaban J connectivity index is 1.83. The summed E-state index contributed by atoms with van der Waals surface area (Å²) in [5.74, 6) is -7.69. The Morgan fingerprint density at radius 3 is 2.50 bits per heavy atom. The first-order valence-electron chi connectivity index (χ1n) is 12.6. The third-order valence-electron chi connectivity index (χ3n) is 7.96. The molecule has 11 heteroatoms. The number of phenolic OH excluding ortho intramolecular Hbond substituents is 1. The Hall–Kier alpha value is -3.28. The molecule has 0 unspecified atom stereocenters. The number of likely N-dealkylation sites (N-methyl/N-ethyl adjacent to an activating group) is 1. The highest BCUT2D eigenvalue weighted by Gasteiger charge is 2.64. The van der Waals surface area contributed by atoms with Gasteiger partial charge in [0, 0.05) is 23.6 Å². The number of phenols is 1. The van der Waals surface area contributed by atoms with Crippen LogP contribution in [0, 0.1) is 23.6 Å². The van der Waals surface area contributed by atoms with Crippen LogP contribution in [0.25, 0.3) is 5.76 Å². The van der Waals surface area contributed by atoms with Gasteiger partial charge in [-0.3, -0.25) is 19.3 Å². The van der Waals surface area contributed by atoms with Crippen LogP contribution < -0.4 is 11.1 Å². The van der Waals surface area contributed by atoms with E-state index >= 15 is 4.39 Å². The molecule has 0 aromatic heterocycles. The zero-order chi connectivity index (χ0) is 28.3. The van der Waals surface area contributed by atoms with Gasteiger partial charge in [-0.05, 0) is 63.4 Å². The number of aliphatic hydroxyl groups is 3. The van der Waals surface area contributed by atoms with Gasteiger partial charge in [-0.1, -0.05) is 13.8 Å². The molecule has 0 bridgehead atoms. The molecule has 1 aromatic rings. The van der Waals surface area contributed by atoms with Crippen molar-refractivity contribution in [1.29, 1.82) is 0 Å². The number of aliphatic hydroxyl groups excluding tert-OH is 2. The number of primary amides is 1. The van der Waals surface area contributed by atoms with Crippen LogP contribution >= 0.6 is 0 Å². The van der Waals surface area contributed by atoms with Crippen molar-refractivity contribution in [3.63, 3.8) is 0 Å². The number of nitrogens with zero attached hydrogens (tertiary/aromatic N) is 1. The number of nitrogens with one attached hydrogen (secondary N) is 1. The molecule has 3 aliphatic carbocycles. The summed E-state index contributed by atoms with van der Waals surface area (Å²) in [5, 5.41) is 47.7. The zero-order valence-corrected chi connectivity index (χ0v) is 21.8. The van der Waals surface area contributed by atoms with Gasteiger partial charge in [0.25, 0.3) is 5.91 Å². The minimum absolute atomic E-state index is 0.0121. The number of rotatable bonds is 7. The number of amides is 1. The molecule has 1 saturated carbocycles. The predicted molar refractivity (Wildman–Crippen MR) is 135 cm³/mol. The van der Waals surface area contributed by atoms with Crippen molar-refractivity contribution >= 4 is 23.2 Å². The van der Waals surface area contributed by atoms with Crippen LogP contribution in [0.15, 0.2) is 23.0 Å². The summed E-state index contributed by atoms with van der Waals surface area (Å²) in [5.41, 5.74) is 1.56. The molecule has 38 heavy (non-hydrogen) atoms. The second-order valence-electron chi connectivity index (χ2n) is 11.0. The van der Waals surface area contributed by atoms with E-state index in [1.54, 1.807) is 0 Å². The van der Waals surface area contributed by atoms with Crippen LogP contribution in [0.2, 0.25) is 0 Å². The van der Waals surface area contributed by atoms with Crippen molar-refractivity contribution < 1.29 is 39.2 Å². The van der Waals surface area contributed by atoms with Crippen molar-refractivity contribution in [2.24, 2.45) is 23.5 Å². The zero-order valence-electron chi connectivity index (χ0n) is 21.8. The van der Waals surface area contributed by atoms with Crippen molar-refractivity contribution in [3.8, 4) is 5.75 Å². The van der Waals surface area contributed by atoms with Crippen LogP contribution in [0.5, 0.6) is 5.75 Å². The summed E-state index contributed by atoms with van der Waals surface area (Å²) >= 11 is 0. The number of aromatic hydroxyl groups is 1. The van der Waals surface area contributed by atoms with Gasteiger partial charge in [-0.15, -0.1) is 0 Å². The molecule has 10 nitrogen and oxygen atoms in total. The van der Waals surface area contributed by atoms with Crippen LogP contribution in [0.3, 0.4) is 0 Å². The van der Waals surface area contributed by atoms with Gasteiger partial charge >= 0.3 is 0 Å². The van der Waals surface area contributed by atoms with E-state index in [1.165, 1.54) is 25.1 Å². The summed E-state index contributed by atoms with van der Waals surface area (Å²) in [6, 6.07) is 0.0435. The lowest BCUT2D eigenvalue weighted by Crippen LogP contribution is -2.65. The van der Waals surface area contributed by atoms with E-state index in [2.05, 4.69) is 5.32 Å². The summed E-state index contributed by atoms with van der Waals surface area (Å²) < 4.78 is 15.0. The normalized spacial score (nSPS) is 27.1. The predicted octanol–water partition coefficient (Wildman–Crippen LogP) is 1.24. The molecule has 1 fully saturated rings. The number of carbonyl (C=O) groups is 3. The number of carbonyl (C=O) groups excluding carboxylic acids is 3. The molecule has 0 aliphatic heterocycles. The van der Waals surface area contributed by atoms with Crippen molar-refractivity contribution in [2.45, 2.75) is 51.3 Å². The Kier molecular flexibility index (Phi) is 7.15. The molecule has 0 heterocycles. The van der Waals surface area contributed by atoms with Crippen molar-refractivity contribution in [2.75, 3.05) is 20.6 Å². The molecule has 4 rings (SSSR count).